The van der Waals surface area contributed by atoms with E-state index in [1.165, 1.54) is 18.2 Å². The van der Waals surface area contributed by atoms with Crippen molar-refractivity contribution in [2.75, 3.05) is 13.2 Å². The molecule has 6 heteroatoms. The van der Waals surface area contributed by atoms with Crippen LogP contribution in [0.4, 0.5) is 4.39 Å². The normalized spacial score (nSPS) is 20.6. The average Bonchev–Trinajstić information content (AvgIpc) is 2.73. The number of nitrogens with zero attached hydrogens (tertiary/aromatic N) is 1. The van der Waals surface area contributed by atoms with Crippen molar-refractivity contribution < 1.29 is 24.2 Å². The first-order valence-corrected chi connectivity index (χ1v) is 5.92. The SMILES string of the molecule is O=C(O)C(c1ccccc1F)N1CC(CO)CC1=O. The Bertz CT molecular complexity index is 505. The topological polar surface area (TPSA) is 77.8 Å². The number of carboxylic acid groups (broad SMARTS) is 1. The van der Waals surface area contributed by atoms with Crippen molar-refractivity contribution >= 4 is 11.9 Å². The zero-order valence-corrected chi connectivity index (χ0v) is 10.1. The summed E-state index contributed by atoms with van der Waals surface area (Å²) in [4.78, 5) is 24.3. The van der Waals surface area contributed by atoms with Crippen LogP contribution in [0.3, 0.4) is 0 Å². The highest BCUT2D eigenvalue weighted by Gasteiger charge is 2.39. The molecule has 2 rings (SSSR count). The average molecular weight is 267 g/mol. The summed E-state index contributed by atoms with van der Waals surface area (Å²) < 4.78 is 13.7. The quantitative estimate of drug-likeness (QED) is 0.845. The number of carbonyl (C=O) groups excluding carboxylic acids is 1. The van der Waals surface area contributed by atoms with Crippen LogP contribution in [-0.4, -0.2) is 40.1 Å². The van der Waals surface area contributed by atoms with Crippen LogP contribution in [0, 0.1) is 11.7 Å². The molecule has 0 aromatic heterocycles. The molecule has 2 N–H and O–H groups in total. The van der Waals surface area contributed by atoms with E-state index in [0.717, 1.165) is 11.0 Å². The van der Waals surface area contributed by atoms with Gasteiger partial charge < -0.3 is 15.1 Å². The molecule has 0 bridgehead atoms. The predicted molar refractivity (Wildman–Crippen MR) is 63.7 cm³/mol. The van der Waals surface area contributed by atoms with Gasteiger partial charge in [-0.25, -0.2) is 9.18 Å². The van der Waals surface area contributed by atoms with Crippen LogP contribution in [0.1, 0.15) is 18.0 Å². The van der Waals surface area contributed by atoms with E-state index in [-0.39, 0.29) is 37.0 Å². The number of amides is 1. The Morgan fingerprint density at radius 3 is 2.68 bits per heavy atom. The molecule has 1 fully saturated rings. The Labute approximate surface area is 109 Å². The number of aliphatic carboxylic acids is 1. The van der Waals surface area contributed by atoms with Crippen molar-refractivity contribution in [3.8, 4) is 0 Å². The van der Waals surface area contributed by atoms with Crippen molar-refractivity contribution in [1.29, 1.82) is 0 Å². The molecule has 5 nitrogen and oxygen atoms in total. The maximum atomic E-state index is 13.7. The number of halogens is 1. The van der Waals surface area contributed by atoms with Crippen molar-refractivity contribution in [3.63, 3.8) is 0 Å². The van der Waals surface area contributed by atoms with Crippen LogP contribution in [0.15, 0.2) is 24.3 Å². The molecule has 0 aliphatic carbocycles. The zero-order valence-electron chi connectivity index (χ0n) is 10.1. The standard InChI is InChI=1S/C13H14FNO4/c14-10-4-2-1-3-9(10)12(13(18)19)15-6-8(7-16)5-11(15)17/h1-4,8,12,16H,5-7H2,(H,18,19). The molecule has 1 saturated heterocycles. The third-order valence-corrected chi connectivity index (χ3v) is 3.24. The first-order chi connectivity index (χ1) is 9.04. The number of carboxylic acids is 1. The van der Waals surface area contributed by atoms with E-state index >= 15 is 0 Å². The van der Waals surface area contributed by atoms with E-state index in [2.05, 4.69) is 0 Å². The molecule has 1 amide bonds. The lowest BCUT2D eigenvalue weighted by Crippen LogP contribution is -2.36. The molecule has 1 aliphatic heterocycles. The van der Waals surface area contributed by atoms with Gasteiger partial charge in [0.1, 0.15) is 5.82 Å². The fourth-order valence-corrected chi connectivity index (χ4v) is 2.31. The summed E-state index contributed by atoms with van der Waals surface area (Å²) in [6, 6.07) is 4.16. The largest absolute Gasteiger partial charge is 0.479 e. The van der Waals surface area contributed by atoms with Gasteiger partial charge in [-0.2, -0.15) is 0 Å². The molecular weight excluding hydrogens is 253 g/mol. The highest BCUT2D eigenvalue weighted by Crippen LogP contribution is 2.30. The minimum Gasteiger partial charge on any atom is -0.479 e. The van der Waals surface area contributed by atoms with Crippen molar-refractivity contribution in [3.05, 3.63) is 35.6 Å². The van der Waals surface area contributed by atoms with Crippen LogP contribution in [0.5, 0.6) is 0 Å². The first kappa shape index (κ1) is 13.5. The molecule has 0 spiro atoms. The maximum Gasteiger partial charge on any atom is 0.331 e. The molecule has 1 aliphatic rings. The molecule has 2 atom stereocenters. The summed E-state index contributed by atoms with van der Waals surface area (Å²) in [6.45, 7) is -0.0630. The number of hydrogen-bond donors (Lipinski definition) is 2. The molecule has 0 radical (unpaired) electrons. The molecule has 0 saturated carbocycles. The van der Waals surface area contributed by atoms with E-state index < -0.39 is 17.8 Å². The van der Waals surface area contributed by atoms with Gasteiger partial charge in [-0.05, 0) is 6.07 Å². The van der Waals surface area contributed by atoms with Gasteiger partial charge in [0.15, 0.2) is 6.04 Å². The second kappa shape index (κ2) is 5.36. The number of aliphatic hydroxyl groups excluding tert-OH is 1. The van der Waals surface area contributed by atoms with Gasteiger partial charge in [-0.1, -0.05) is 18.2 Å². The summed E-state index contributed by atoms with van der Waals surface area (Å²) in [6.07, 6.45) is 0.0920. The lowest BCUT2D eigenvalue weighted by Gasteiger charge is -2.25. The van der Waals surface area contributed by atoms with E-state index in [4.69, 9.17) is 5.11 Å². The van der Waals surface area contributed by atoms with Crippen LogP contribution in [0.25, 0.3) is 0 Å². The number of aliphatic hydroxyl groups is 1. The molecular formula is C13H14FNO4. The number of carbonyl (C=O) groups is 2. The number of rotatable bonds is 4. The lowest BCUT2D eigenvalue weighted by molar-refractivity contribution is -0.148. The van der Waals surface area contributed by atoms with E-state index in [1.807, 2.05) is 0 Å². The molecule has 1 aromatic carbocycles. The minimum absolute atomic E-state index is 0.0399. The van der Waals surface area contributed by atoms with Crippen LogP contribution >= 0.6 is 0 Å². The lowest BCUT2D eigenvalue weighted by atomic mass is 10.0. The minimum atomic E-state index is -1.34. The second-order valence-corrected chi connectivity index (χ2v) is 4.56. The Morgan fingerprint density at radius 1 is 1.47 bits per heavy atom. The summed E-state index contributed by atoms with van der Waals surface area (Å²) >= 11 is 0. The Kier molecular flexibility index (Phi) is 3.80. The first-order valence-electron chi connectivity index (χ1n) is 5.92. The third-order valence-electron chi connectivity index (χ3n) is 3.24. The van der Waals surface area contributed by atoms with Gasteiger partial charge in [0, 0.05) is 31.1 Å². The fraction of sp³-hybridized carbons (Fsp3) is 0.385. The summed E-state index contributed by atoms with van der Waals surface area (Å²) in [5.41, 5.74) is -0.0399. The van der Waals surface area contributed by atoms with E-state index in [9.17, 15) is 19.1 Å². The Balaban J connectivity index is 2.35. The second-order valence-electron chi connectivity index (χ2n) is 4.56. The van der Waals surface area contributed by atoms with Crippen LogP contribution in [-0.2, 0) is 9.59 Å². The van der Waals surface area contributed by atoms with Gasteiger partial charge in [0.05, 0.1) is 0 Å². The summed E-state index contributed by atoms with van der Waals surface area (Å²) in [7, 11) is 0. The summed E-state index contributed by atoms with van der Waals surface area (Å²) in [5, 5.41) is 18.3. The highest BCUT2D eigenvalue weighted by atomic mass is 19.1. The molecule has 2 unspecified atom stereocenters. The van der Waals surface area contributed by atoms with E-state index in [1.54, 1.807) is 0 Å². The highest BCUT2D eigenvalue weighted by molar-refractivity contribution is 5.86. The van der Waals surface area contributed by atoms with Crippen molar-refractivity contribution in [2.24, 2.45) is 5.92 Å². The van der Waals surface area contributed by atoms with Gasteiger partial charge in [-0.15, -0.1) is 0 Å². The Morgan fingerprint density at radius 2 is 2.16 bits per heavy atom. The molecule has 1 aromatic rings. The number of hydrogen-bond acceptors (Lipinski definition) is 3. The Hall–Kier alpha value is -1.95. The zero-order chi connectivity index (χ0) is 14.0. The molecule has 102 valence electrons. The monoisotopic (exact) mass is 267 g/mol. The fourth-order valence-electron chi connectivity index (χ4n) is 2.31. The smallest absolute Gasteiger partial charge is 0.331 e. The van der Waals surface area contributed by atoms with Crippen molar-refractivity contribution in [1.82, 2.24) is 4.90 Å². The van der Waals surface area contributed by atoms with E-state index in [0.29, 0.717) is 0 Å². The van der Waals surface area contributed by atoms with Crippen LogP contribution in [0.2, 0.25) is 0 Å². The summed E-state index contributed by atoms with van der Waals surface area (Å²) in [5.74, 6) is -2.61. The molecule has 19 heavy (non-hydrogen) atoms. The van der Waals surface area contributed by atoms with Gasteiger partial charge in [0.25, 0.3) is 0 Å². The number of likely N-dealkylation sites (tertiary alicyclic amines) is 1. The maximum absolute atomic E-state index is 13.7. The van der Waals surface area contributed by atoms with Gasteiger partial charge in [-0.3, -0.25) is 4.79 Å². The number of benzene rings is 1. The third kappa shape index (κ3) is 2.58. The van der Waals surface area contributed by atoms with Gasteiger partial charge in [0.2, 0.25) is 5.91 Å². The van der Waals surface area contributed by atoms with Gasteiger partial charge >= 0.3 is 5.97 Å². The van der Waals surface area contributed by atoms with Crippen molar-refractivity contribution in [2.45, 2.75) is 12.5 Å². The molecule has 1 heterocycles. The van der Waals surface area contributed by atoms with Crippen LogP contribution < -0.4 is 0 Å². The predicted octanol–water partition coefficient (Wildman–Crippen LogP) is 0.792.